The predicted octanol–water partition coefficient (Wildman–Crippen LogP) is 2.79. The van der Waals surface area contributed by atoms with Gasteiger partial charge in [0.1, 0.15) is 12.6 Å². The Hall–Kier alpha value is -1.66. The fraction of sp³-hybridized carbons (Fsp3) is 0.700. The van der Waals surface area contributed by atoms with Crippen LogP contribution in [0, 0.1) is 0 Å². The lowest BCUT2D eigenvalue weighted by Gasteiger charge is -2.17. The number of nitrogens with zero attached hydrogens (tertiary/aromatic N) is 1. The number of nitrogens with one attached hydrogen (secondary N) is 2. The minimum atomic E-state index is -0.303. The molecule has 0 aliphatic carbocycles. The minimum Gasteiger partial charge on any atom is -0.371 e. The molecule has 0 saturated carbocycles. The van der Waals surface area contributed by atoms with Gasteiger partial charge in [0, 0.05) is 19.2 Å². The molecule has 146 valence electrons. The van der Waals surface area contributed by atoms with Gasteiger partial charge in [-0.3, -0.25) is 4.79 Å². The first-order valence-corrected chi connectivity index (χ1v) is 9.87. The van der Waals surface area contributed by atoms with Gasteiger partial charge in [0.2, 0.25) is 5.91 Å². The summed E-state index contributed by atoms with van der Waals surface area (Å²) in [5, 5.41) is 15.0. The Bertz CT molecular complexity index is 551. The highest BCUT2D eigenvalue weighted by molar-refractivity contribution is 5.73. The molecule has 1 atom stereocenters. The van der Waals surface area contributed by atoms with Crippen LogP contribution in [0.2, 0.25) is 0 Å². The molecule has 6 nitrogen and oxygen atoms in total. The van der Waals surface area contributed by atoms with Crippen molar-refractivity contribution >= 4 is 11.7 Å². The second-order valence-corrected chi connectivity index (χ2v) is 7.04. The first-order chi connectivity index (χ1) is 12.7. The molecule has 0 aromatic carbocycles. The highest BCUT2D eigenvalue weighted by Gasteiger charge is 2.11. The Morgan fingerprint density at radius 3 is 2.92 bits per heavy atom. The monoisotopic (exact) mass is 363 g/mol. The molecule has 0 saturated heterocycles. The van der Waals surface area contributed by atoms with Crippen molar-refractivity contribution < 1.29 is 14.6 Å². The third kappa shape index (κ3) is 7.70. The third-order valence-electron chi connectivity index (χ3n) is 4.76. The second-order valence-electron chi connectivity index (χ2n) is 7.04. The molecule has 2 rings (SSSR count). The number of anilines is 1. The molecule has 0 radical (unpaired) electrons. The van der Waals surface area contributed by atoms with Crippen LogP contribution in [0.5, 0.6) is 0 Å². The van der Waals surface area contributed by atoms with Gasteiger partial charge in [-0.2, -0.15) is 0 Å². The van der Waals surface area contributed by atoms with E-state index in [1.807, 2.05) is 0 Å². The molecule has 1 aromatic heterocycles. The van der Waals surface area contributed by atoms with Crippen molar-refractivity contribution in [3.05, 3.63) is 23.4 Å². The number of aliphatic hydroxyl groups excluding tert-OH is 1. The van der Waals surface area contributed by atoms with Crippen LogP contribution in [0.4, 0.5) is 5.82 Å². The predicted molar refractivity (Wildman–Crippen MR) is 103 cm³/mol. The maximum atomic E-state index is 11.2. The van der Waals surface area contributed by atoms with Crippen LogP contribution in [-0.2, 0) is 22.4 Å². The molecule has 26 heavy (non-hydrogen) atoms. The molecule has 1 unspecified atom stereocenters. The van der Waals surface area contributed by atoms with E-state index in [1.54, 1.807) is 0 Å². The Morgan fingerprint density at radius 2 is 2.12 bits per heavy atom. The zero-order chi connectivity index (χ0) is 18.6. The number of hydrogen-bond donors (Lipinski definition) is 3. The Kier molecular flexibility index (Phi) is 9.42. The van der Waals surface area contributed by atoms with Crippen molar-refractivity contribution in [3.63, 3.8) is 0 Å². The lowest BCUT2D eigenvalue weighted by molar-refractivity contribution is -0.120. The van der Waals surface area contributed by atoms with Crippen LogP contribution in [0.15, 0.2) is 12.1 Å². The fourth-order valence-corrected chi connectivity index (χ4v) is 3.41. The van der Waals surface area contributed by atoms with E-state index in [1.165, 1.54) is 37.4 Å². The summed E-state index contributed by atoms with van der Waals surface area (Å²) in [6.07, 6.45) is 10.0. The summed E-state index contributed by atoms with van der Waals surface area (Å²) in [5.74, 6) is 1.03. The number of amides is 1. The number of carbonyl (C=O) groups is 1. The van der Waals surface area contributed by atoms with Gasteiger partial charge in [0.05, 0.1) is 12.6 Å². The zero-order valence-electron chi connectivity index (χ0n) is 15.9. The largest absolute Gasteiger partial charge is 0.371 e. The van der Waals surface area contributed by atoms with E-state index in [2.05, 4.69) is 22.8 Å². The first-order valence-electron chi connectivity index (χ1n) is 9.87. The Morgan fingerprint density at radius 1 is 1.31 bits per heavy atom. The average molecular weight is 364 g/mol. The fourth-order valence-electron chi connectivity index (χ4n) is 3.41. The molecular weight excluding hydrogens is 330 g/mol. The average Bonchev–Trinajstić information content (AvgIpc) is 2.64. The lowest BCUT2D eigenvalue weighted by atomic mass is 10.0. The summed E-state index contributed by atoms with van der Waals surface area (Å²) in [4.78, 5) is 15.9. The molecule has 2 heterocycles. The number of aryl methyl sites for hydroxylation is 2. The molecule has 0 spiro atoms. The molecule has 1 aliphatic rings. The second kappa shape index (κ2) is 11.9. The quantitative estimate of drug-likeness (QED) is 0.393. The van der Waals surface area contributed by atoms with Crippen LogP contribution in [-0.4, -0.2) is 42.0 Å². The summed E-state index contributed by atoms with van der Waals surface area (Å²) in [7, 11) is 0. The smallest absolute Gasteiger partial charge is 0.217 e. The van der Waals surface area contributed by atoms with Crippen molar-refractivity contribution in [2.24, 2.45) is 0 Å². The summed E-state index contributed by atoms with van der Waals surface area (Å²) < 4.78 is 5.01. The van der Waals surface area contributed by atoms with Crippen molar-refractivity contribution in [2.75, 3.05) is 25.3 Å². The highest BCUT2D eigenvalue weighted by atomic mass is 16.6. The number of pyridine rings is 1. The number of hydrogen-bond acceptors (Lipinski definition) is 5. The summed E-state index contributed by atoms with van der Waals surface area (Å²) in [6, 6.07) is 4.39. The maximum absolute atomic E-state index is 11.2. The van der Waals surface area contributed by atoms with E-state index in [0.717, 1.165) is 50.9 Å². The standard InChI is InChI=1S/C20H33N3O3/c1-16(25)22-19(14-26-15-24)10-6-4-2-3-5-9-18-12-11-17-8-7-13-21-20(17)23-18/h11-12,19,24H,2-10,13-15H2,1H3,(H,21,23)(H,22,25). The minimum absolute atomic E-state index is 0.00755. The topological polar surface area (TPSA) is 83.5 Å². The van der Waals surface area contributed by atoms with Crippen LogP contribution in [0.25, 0.3) is 0 Å². The summed E-state index contributed by atoms with van der Waals surface area (Å²) >= 11 is 0. The number of rotatable bonds is 12. The van der Waals surface area contributed by atoms with Gasteiger partial charge in [-0.1, -0.05) is 31.7 Å². The first kappa shape index (κ1) is 20.6. The van der Waals surface area contributed by atoms with E-state index < -0.39 is 0 Å². The summed E-state index contributed by atoms with van der Waals surface area (Å²) in [5.41, 5.74) is 2.53. The number of ether oxygens (including phenoxy) is 1. The molecule has 1 aromatic rings. The highest BCUT2D eigenvalue weighted by Crippen LogP contribution is 2.20. The molecule has 0 bridgehead atoms. The number of carbonyl (C=O) groups excluding carboxylic acids is 1. The number of aromatic nitrogens is 1. The molecule has 1 aliphatic heterocycles. The van der Waals surface area contributed by atoms with Crippen LogP contribution in [0.1, 0.15) is 63.1 Å². The van der Waals surface area contributed by atoms with E-state index in [-0.39, 0.29) is 18.7 Å². The molecule has 0 fully saturated rings. The van der Waals surface area contributed by atoms with Gasteiger partial charge >= 0.3 is 0 Å². The van der Waals surface area contributed by atoms with Crippen molar-refractivity contribution in [1.29, 1.82) is 0 Å². The number of aliphatic hydroxyl groups is 1. The van der Waals surface area contributed by atoms with Gasteiger partial charge in [-0.05, 0) is 43.7 Å². The van der Waals surface area contributed by atoms with Crippen molar-refractivity contribution in [3.8, 4) is 0 Å². The van der Waals surface area contributed by atoms with Gasteiger partial charge in [0.25, 0.3) is 0 Å². The molecule has 1 amide bonds. The Labute approximate surface area is 156 Å². The van der Waals surface area contributed by atoms with Crippen molar-refractivity contribution in [2.45, 2.75) is 70.8 Å². The van der Waals surface area contributed by atoms with Gasteiger partial charge < -0.3 is 20.5 Å². The maximum Gasteiger partial charge on any atom is 0.217 e. The van der Waals surface area contributed by atoms with Crippen LogP contribution < -0.4 is 10.6 Å². The molecule has 3 N–H and O–H groups in total. The zero-order valence-corrected chi connectivity index (χ0v) is 15.9. The molecule has 6 heteroatoms. The number of fused-ring (bicyclic) bond motifs is 1. The third-order valence-corrected chi connectivity index (χ3v) is 4.76. The number of unbranched alkanes of at least 4 members (excludes halogenated alkanes) is 4. The van der Waals surface area contributed by atoms with Gasteiger partial charge in [-0.15, -0.1) is 0 Å². The van der Waals surface area contributed by atoms with E-state index in [0.29, 0.717) is 6.61 Å². The van der Waals surface area contributed by atoms with E-state index >= 15 is 0 Å². The van der Waals surface area contributed by atoms with Gasteiger partial charge in [-0.25, -0.2) is 4.98 Å². The Balaban J connectivity index is 1.56. The lowest BCUT2D eigenvalue weighted by Crippen LogP contribution is -2.36. The summed E-state index contributed by atoms with van der Waals surface area (Å²) in [6.45, 7) is 2.61. The van der Waals surface area contributed by atoms with E-state index in [4.69, 9.17) is 14.8 Å². The van der Waals surface area contributed by atoms with E-state index in [9.17, 15) is 4.79 Å². The van der Waals surface area contributed by atoms with Crippen molar-refractivity contribution in [1.82, 2.24) is 10.3 Å². The normalized spacial score (nSPS) is 14.4. The van der Waals surface area contributed by atoms with Gasteiger partial charge in [0.15, 0.2) is 0 Å². The van der Waals surface area contributed by atoms with Crippen LogP contribution in [0.3, 0.4) is 0 Å². The SMILES string of the molecule is CC(=O)NC(CCCCCCCc1ccc2c(n1)NCCC2)COCO. The van der Waals surface area contributed by atoms with Crippen LogP contribution >= 0.6 is 0 Å². The molecular formula is C20H33N3O3.